The van der Waals surface area contributed by atoms with Crippen LogP contribution in [-0.4, -0.2) is 23.7 Å². The molecule has 0 N–H and O–H groups in total. The molecule has 0 saturated heterocycles. The summed E-state index contributed by atoms with van der Waals surface area (Å²) in [4.78, 5) is 13.8. The van der Waals surface area contributed by atoms with Gasteiger partial charge in [0.2, 0.25) is 0 Å². The topological polar surface area (TPSA) is 41.9 Å². The van der Waals surface area contributed by atoms with E-state index in [-0.39, 0.29) is 11.9 Å². The molecule has 1 aliphatic rings. The molecule has 0 aliphatic carbocycles. The first-order valence-corrected chi connectivity index (χ1v) is 10.2. The minimum absolute atomic E-state index is 0.0760. The Labute approximate surface area is 170 Å². The third-order valence-corrected chi connectivity index (χ3v) is 5.84. The highest BCUT2D eigenvalue weighted by Gasteiger charge is 2.34. The van der Waals surface area contributed by atoms with Crippen LogP contribution in [-0.2, 0) is 0 Å². The van der Waals surface area contributed by atoms with Crippen LogP contribution in [0.3, 0.4) is 0 Å². The zero-order chi connectivity index (χ0) is 18.8. The molecule has 1 aromatic heterocycles. The van der Waals surface area contributed by atoms with Crippen molar-refractivity contribution in [1.82, 2.24) is 5.01 Å². The molecule has 0 spiro atoms. The predicted molar refractivity (Wildman–Crippen MR) is 112 cm³/mol. The van der Waals surface area contributed by atoms with Crippen molar-refractivity contribution < 1.29 is 9.53 Å². The highest BCUT2D eigenvalue weighted by Crippen LogP contribution is 2.35. The normalized spacial score (nSPS) is 16.3. The number of benzene rings is 2. The molecule has 4 rings (SSSR count). The molecule has 2 heterocycles. The summed E-state index contributed by atoms with van der Waals surface area (Å²) in [6.45, 7) is 0. The number of halogens is 1. The van der Waals surface area contributed by atoms with Gasteiger partial charge < -0.3 is 4.74 Å². The lowest BCUT2D eigenvalue weighted by molar-refractivity contribution is 0.0716. The van der Waals surface area contributed by atoms with E-state index in [0.717, 1.165) is 27.1 Å². The molecule has 1 unspecified atom stereocenters. The highest BCUT2D eigenvalue weighted by molar-refractivity contribution is 9.10. The molecule has 1 aliphatic heterocycles. The van der Waals surface area contributed by atoms with Crippen LogP contribution in [0.5, 0.6) is 5.75 Å². The number of nitrogens with zero attached hydrogens (tertiary/aromatic N) is 2. The molecule has 0 fully saturated rings. The van der Waals surface area contributed by atoms with Crippen molar-refractivity contribution in [3.8, 4) is 5.75 Å². The summed E-state index contributed by atoms with van der Waals surface area (Å²) >= 11 is 4.96. The first-order valence-electron chi connectivity index (χ1n) is 8.50. The van der Waals surface area contributed by atoms with Crippen molar-refractivity contribution in [2.45, 2.75) is 12.5 Å². The van der Waals surface area contributed by atoms with E-state index >= 15 is 0 Å². The minimum atomic E-state index is -0.140. The molecule has 6 heteroatoms. The molecule has 1 atom stereocenters. The largest absolute Gasteiger partial charge is 0.497 e. The zero-order valence-corrected chi connectivity index (χ0v) is 17.0. The number of amides is 1. The fraction of sp³-hybridized carbons (Fsp3) is 0.143. The Morgan fingerprint density at radius 2 is 2.04 bits per heavy atom. The SMILES string of the molecule is COc1cccc(C2=NN(C(=O)c3cccs3)C(c3cccc(Br)c3)C2)c1. The van der Waals surface area contributed by atoms with Crippen LogP contribution in [0.25, 0.3) is 0 Å². The summed E-state index contributed by atoms with van der Waals surface area (Å²) in [5.74, 6) is 0.699. The second-order valence-electron chi connectivity index (χ2n) is 6.18. The summed E-state index contributed by atoms with van der Waals surface area (Å²) in [6.07, 6.45) is 0.654. The lowest BCUT2D eigenvalue weighted by Crippen LogP contribution is -2.26. The molecule has 0 radical (unpaired) electrons. The monoisotopic (exact) mass is 440 g/mol. The van der Waals surface area contributed by atoms with Crippen molar-refractivity contribution in [1.29, 1.82) is 0 Å². The molecule has 0 saturated carbocycles. The maximum Gasteiger partial charge on any atom is 0.284 e. The molecule has 136 valence electrons. The molecule has 4 nitrogen and oxygen atoms in total. The second-order valence-corrected chi connectivity index (χ2v) is 8.04. The van der Waals surface area contributed by atoms with Crippen molar-refractivity contribution in [3.63, 3.8) is 0 Å². The number of ether oxygens (including phenoxy) is 1. The number of carbonyl (C=O) groups is 1. The highest BCUT2D eigenvalue weighted by atomic mass is 79.9. The Morgan fingerprint density at radius 1 is 1.19 bits per heavy atom. The van der Waals surface area contributed by atoms with Crippen LogP contribution in [0, 0.1) is 0 Å². The molecule has 1 amide bonds. The zero-order valence-electron chi connectivity index (χ0n) is 14.6. The van der Waals surface area contributed by atoms with Crippen molar-refractivity contribution in [3.05, 3.63) is 86.5 Å². The van der Waals surface area contributed by atoms with E-state index in [1.165, 1.54) is 11.3 Å². The first kappa shape index (κ1) is 17.9. The van der Waals surface area contributed by atoms with E-state index in [2.05, 4.69) is 15.9 Å². The molecule has 3 aromatic rings. The number of hydrogen-bond acceptors (Lipinski definition) is 4. The van der Waals surface area contributed by atoms with Gasteiger partial charge in [-0.25, -0.2) is 5.01 Å². The average Bonchev–Trinajstić information content (AvgIpc) is 3.38. The van der Waals surface area contributed by atoms with Crippen molar-refractivity contribution >= 4 is 38.9 Å². The van der Waals surface area contributed by atoms with Gasteiger partial charge in [0.25, 0.3) is 5.91 Å². The van der Waals surface area contributed by atoms with Gasteiger partial charge in [-0.3, -0.25) is 4.79 Å². The number of carbonyl (C=O) groups excluding carboxylic acids is 1. The van der Waals surface area contributed by atoms with E-state index < -0.39 is 0 Å². The minimum Gasteiger partial charge on any atom is -0.497 e. The van der Waals surface area contributed by atoms with Gasteiger partial charge in [-0.05, 0) is 41.3 Å². The lowest BCUT2D eigenvalue weighted by Gasteiger charge is -2.21. The van der Waals surface area contributed by atoms with Crippen LogP contribution < -0.4 is 4.74 Å². The lowest BCUT2D eigenvalue weighted by atomic mass is 9.98. The van der Waals surface area contributed by atoms with E-state index in [0.29, 0.717) is 11.3 Å². The van der Waals surface area contributed by atoms with Gasteiger partial charge >= 0.3 is 0 Å². The van der Waals surface area contributed by atoms with Crippen LogP contribution in [0.15, 0.2) is 75.6 Å². The van der Waals surface area contributed by atoms with Gasteiger partial charge in [-0.15, -0.1) is 11.3 Å². The van der Waals surface area contributed by atoms with Gasteiger partial charge in [-0.1, -0.05) is 46.3 Å². The fourth-order valence-corrected chi connectivity index (χ4v) is 4.23. The summed E-state index contributed by atoms with van der Waals surface area (Å²) in [6, 6.07) is 19.4. The Hall–Kier alpha value is -2.44. The Bertz CT molecular complexity index is 1000. The van der Waals surface area contributed by atoms with Crippen LogP contribution in [0.2, 0.25) is 0 Å². The number of thiophene rings is 1. The van der Waals surface area contributed by atoms with Crippen molar-refractivity contribution in [2.75, 3.05) is 7.11 Å². The van der Waals surface area contributed by atoms with E-state index in [1.54, 1.807) is 12.1 Å². The number of rotatable bonds is 4. The van der Waals surface area contributed by atoms with Gasteiger partial charge in [0.1, 0.15) is 5.75 Å². The van der Waals surface area contributed by atoms with Crippen molar-refractivity contribution in [2.24, 2.45) is 5.10 Å². The fourth-order valence-electron chi connectivity index (χ4n) is 3.16. The smallest absolute Gasteiger partial charge is 0.284 e. The summed E-state index contributed by atoms with van der Waals surface area (Å²) in [5.41, 5.74) is 2.90. The molecule has 2 aromatic carbocycles. The van der Waals surface area contributed by atoms with Crippen LogP contribution >= 0.6 is 27.3 Å². The Balaban J connectivity index is 1.74. The standard InChI is InChI=1S/C21H17BrN2O2S/c1-26-17-8-3-5-14(12-17)18-13-19(15-6-2-7-16(22)11-15)24(23-18)21(25)20-9-4-10-27-20/h2-12,19H,13H2,1H3. The quantitative estimate of drug-likeness (QED) is 0.536. The van der Waals surface area contributed by atoms with E-state index in [1.807, 2.05) is 66.0 Å². The average molecular weight is 441 g/mol. The number of hydrogen-bond donors (Lipinski definition) is 0. The molecular formula is C21H17BrN2O2S. The van der Waals surface area contributed by atoms with E-state index in [4.69, 9.17) is 9.84 Å². The molecule has 0 bridgehead atoms. The third-order valence-electron chi connectivity index (χ3n) is 4.49. The summed E-state index contributed by atoms with van der Waals surface area (Å²) in [5, 5.41) is 8.23. The first-order chi connectivity index (χ1) is 13.2. The van der Waals surface area contributed by atoms with Crippen LogP contribution in [0.1, 0.15) is 33.3 Å². The molecular weight excluding hydrogens is 424 g/mol. The maximum atomic E-state index is 13.1. The second kappa shape index (κ2) is 7.66. The number of hydrazone groups is 1. The van der Waals surface area contributed by atoms with Gasteiger partial charge in [0, 0.05) is 16.5 Å². The Morgan fingerprint density at radius 3 is 2.78 bits per heavy atom. The molecule has 27 heavy (non-hydrogen) atoms. The predicted octanol–water partition coefficient (Wildman–Crippen LogP) is 5.51. The third kappa shape index (κ3) is 3.68. The van der Waals surface area contributed by atoms with Gasteiger partial charge in [0.05, 0.1) is 23.7 Å². The summed E-state index contributed by atoms with van der Waals surface area (Å²) < 4.78 is 6.32. The Kier molecular flexibility index (Phi) is 5.09. The summed E-state index contributed by atoms with van der Waals surface area (Å²) in [7, 11) is 1.65. The number of methoxy groups -OCH3 is 1. The van der Waals surface area contributed by atoms with Gasteiger partial charge in [0.15, 0.2) is 0 Å². The van der Waals surface area contributed by atoms with Crippen LogP contribution in [0.4, 0.5) is 0 Å². The van der Waals surface area contributed by atoms with Gasteiger partial charge in [-0.2, -0.15) is 5.10 Å². The van der Waals surface area contributed by atoms with E-state index in [9.17, 15) is 4.79 Å². The maximum absolute atomic E-state index is 13.1.